The number of nitrogens with one attached hydrogen (secondary N) is 3. The SMILES string of the molecule is Cc1ccc(C(=O)Nc2ccc(CC(=O)NC(C)C)cc2)cc1S(=O)(=O)NCc1ccccc1. The van der Waals surface area contributed by atoms with Gasteiger partial charge >= 0.3 is 0 Å². The van der Waals surface area contributed by atoms with Crippen molar-refractivity contribution in [2.24, 2.45) is 0 Å². The topological polar surface area (TPSA) is 104 Å². The van der Waals surface area contributed by atoms with Crippen LogP contribution >= 0.6 is 0 Å². The van der Waals surface area contributed by atoms with Crippen molar-refractivity contribution >= 4 is 27.5 Å². The van der Waals surface area contributed by atoms with Gasteiger partial charge in [-0.05, 0) is 61.7 Å². The Morgan fingerprint density at radius 3 is 2.21 bits per heavy atom. The van der Waals surface area contributed by atoms with Gasteiger partial charge in [-0.25, -0.2) is 13.1 Å². The smallest absolute Gasteiger partial charge is 0.255 e. The highest BCUT2D eigenvalue weighted by Gasteiger charge is 2.19. The van der Waals surface area contributed by atoms with Crippen LogP contribution in [-0.2, 0) is 27.8 Å². The van der Waals surface area contributed by atoms with Gasteiger partial charge in [-0.1, -0.05) is 48.5 Å². The van der Waals surface area contributed by atoms with Crippen molar-refractivity contribution < 1.29 is 18.0 Å². The lowest BCUT2D eigenvalue weighted by molar-refractivity contribution is -0.120. The molecule has 3 rings (SSSR count). The normalized spacial score (nSPS) is 11.3. The number of amides is 2. The highest BCUT2D eigenvalue weighted by Crippen LogP contribution is 2.19. The molecule has 0 unspecified atom stereocenters. The Kier molecular flexibility index (Phi) is 8.20. The Bertz CT molecular complexity index is 1250. The summed E-state index contributed by atoms with van der Waals surface area (Å²) in [5.41, 5.74) is 2.98. The molecule has 8 heteroatoms. The predicted octanol–water partition coefficient (Wildman–Crippen LogP) is 3.79. The largest absolute Gasteiger partial charge is 0.354 e. The fraction of sp³-hybridized carbons (Fsp3) is 0.231. The van der Waals surface area contributed by atoms with E-state index in [-0.39, 0.29) is 35.4 Å². The van der Waals surface area contributed by atoms with Crippen LogP contribution in [-0.4, -0.2) is 26.3 Å². The van der Waals surface area contributed by atoms with Crippen LogP contribution in [0.25, 0.3) is 0 Å². The zero-order valence-corrected chi connectivity index (χ0v) is 20.3. The highest BCUT2D eigenvalue weighted by atomic mass is 32.2. The monoisotopic (exact) mass is 479 g/mol. The van der Waals surface area contributed by atoms with Crippen molar-refractivity contribution in [3.8, 4) is 0 Å². The first-order valence-corrected chi connectivity index (χ1v) is 12.5. The average Bonchev–Trinajstić information content (AvgIpc) is 2.79. The minimum atomic E-state index is -3.81. The summed E-state index contributed by atoms with van der Waals surface area (Å²) in [7, 11) is -3.81. The second kappa shape index (κ2) is 11.1. The molecule has 178 valence electrons. The first kappa shape index (κ1) is 25.1. The molecule has 0 aliphatic heterocycles. The third-order valence-electron chi connectivity index (χ3n) is 5.08. The Morgan fingerprint density at radius 1 is 0.882 bits per heavy atom. The second-order valence-corrected chi connectivity index (χ2v) is 10.1. The molecule has 7 nitrogen and oxygen atoms in total. The summed E-state index contributed by atoms with van der Waals surface area (Å²) < 4.78 is 28.3. The van der Waals surface area contributed by atoms with E-state index in [9.17, 15) is 18.0 Å². The maximum absolute atomic E-state index is 12.9. The van der Waals surface area contributed by atoms with E-state index < -0.39 is 15.9 Å². The first-order chi connectivity index (χ1) is 16.1. The van der Waals surface area contributed by atoms with Crippen LogP contribution in [0.2, 0.25) is 0 Å². The molecule has 3 N–H and O–H groups in total. The van der Waals surface area contributed by atoms with Crippen molar-refractivity contribution in [2.45, 2.75) is 44.7 Å². The van der Waals surface area contributed by atoms with Crippen molar-refractivity contribution in [3.63, 3.8) is 0 Å². The highest BCUT2D eigenvalue weighted by molar-refractivity contribution is 7.89. The van der Waals surface area contributed by atoms with Crippen LogP contribution in [0, 0.1) is 6.92 Å². The maximum atomic E-state index is 12.9. The van der Waals surface area contributed by atoms with Crippen LogP contribution in [0.15, 0.2) is 77.7 Å². The Labute approximate surface area is 200 Å². The van der Waals surface area contributed by atoms with Gasteiger partial charge in [-0.2, -0.15) is 0 Å². The Balaban J connectivity index is 1.68. The molecule has 0 atom stereocenters. The zero-order valence-electron chi connectivity index (χ0n) is 19.5. The van der Waals surface area contributed by atoms with Crippen LogP contribution in [0.3, 0.4) is 0 Å². The lowest BCUT2D eigenvalue weighted by atomic mass is 10.1. The minimum absolute atomic E-state index is 0.0580. The molecular weight excluding hydrogens is 450 g/mol. The molecule has 0 saturated carbocycles. The van der Waals surface area contributed by atoms with E-state index in [1.54, 1.807) is 43.3 Å². The summed E-state index contributed by atoms with van der Waals surface area (Å²) >= 11 is 0. The molecule has 0 aliphatic rings. The quantitative estimate of drug-likeness (QED) is 0.434. The molecular formula is C26H29N3O4S. The predicted molar refractivity (Wildman–Crippen MR) is 133 cm³/mol. The van der Waals surface area contributed by atoms with E-state index in [0.29, 0.717) is 11.3 Å². The molecule has 3 aromatic carbocycles. The van der Waals surface area contributed by atoms with Gasteiger partial charge < -0.3 is 10.6 Å². The first-order valence-electron chi connectivity index (χ1n) is 11.0. The number of sulfonamides is 1. The lowest BCUT2D eigenvalue weighted by Gasteiger charge is -2.12. The standard InChI is InChI=1S/C26H29N3O4S/c1-18(2)28-25(30)15-20-10-13-23(14-11-20)29-26(31)22-12-9-19(3)24(16-22)34(32,33)27-17-21-7-5-4-6-8-21/h4-14,16,18,27H,15,17H2,1-3H3,(H,28,30)(H,29,31). The van der Waals surface area contributed by atoms with Crippen molar-refractivity contribution in [3.05, 3.63) is 95.1 Å². The number of benzene rings is 3. The van der Waals surface area contributed by atoms with Crippen LogP contribution in [0.4, 0.5) is 5.69 Å². The molecule has 0 bridgehead atoms. The van der Waals surface area contributed by atoms with Gasteiger partial charge in [-0.3, -0.25) is 9.59 Å². The van der Waals surface area contributed by atoms with Gasteiger partial charge in [-0.15, -0.1) is 0 Å². The molecule has 0 aliphatic carbocycles. The van der Waals surface area contributed by atoms with Gasteiger partial charge in [0, 0.05) is 23.8 Å². The number of hydrogen-bond donors (Lipinski definition) is 3. The van der Waals surface area contributed by atoms with E-state index in [1.807, 2.05) is 44.2 Å². The number of carbonyl (C=O) groups excluding carboxylic acids is 2. The van der Waals surface area contributed by atoms with Gasteiger partial charge in [0.25, 0.3) is 5.91 Å². The average molecular weight is 480 g/mol. The third kappa shape index (κ3) is 7.00. The van der Waals surface area contributed by atoms with Gasteiger partial charge in [0.05, 0.1) is 11.3 Å². The van der Waals surface area contributed by atoms with Crippen LogP contribution < -0.4 is 15.4 Å². The number of anilines is 1. The summed E-state index contributed by atoms with van der Waals surface area (Å²) in [6.07, 6.45) is 0.252. The van der Waals surface area contributed by atoms with Gasteiger partial charge in [0.1, 0.15) is 0 Å². The molecule has 0 radical (unpaired) electrons. The fourth-order valence-corrected chi connectivity index (χ4v) is 4.64. The fourth-order valence-electron chi connectivity index (χ4n) is 3.35. The van der Waals surface area contributed by atoms with Gasteiger partial charge in [0.2, 0.25) is 15.9 Å². The lowest BCUT2D eigenvalue weighted by Crippen LogP contribution is -2.31. The van der Waals surface area contributed by atoms with Gasteiger partial charge in [0.15, 0.2) is 0 Å². The summed E-state index contributed by atoms with van der Waals surface area (Å²) in [5, 5.41) is 5.61. The molecule has 0 heterocycles. The Morgan fingerprint density at radius 2 is 1.56 bits per heavy atom. The van der Waals surface area contributed by atoms with Crippen molar-refractivity contribution in [2.75, 3.05) is 5.32 Å². The number of aryl methyl sites for hydroxylation is 1. The second-order valence-electron chi connectivity index (χ2n) is 8.34. The summed E-state index contributed by atoms with van der Waals surface area (Å²) in [6.45, 7) is 5.64. The van der Waals surface area contributed by atoms with Crippen LogP contribution in [0.5, 0.6) is 0 Å². The summed E-state index contributed by atoms with van der Waals surface area (Å²) in [6, 6.07) is 20.8. The minimum Gasteiger partial charge on any atom is -0.354 e. The van der Waals surface area contributed by atoms with E-state index in [4.69, 9.17) is 0 Å². The van der Waals surface area contributed by atoms with E-state index in [2.05, 4.69) is 15.4 Å². The molecule has 3 aromatic rings. The zero-order chi connectivity index (χ0) is 24.7. The summed E-state index contributed by atoms with van der Waals surface area (Å²) in [5.74, 6) is -0.495. The van der Waals surface area contributed by atoms with Crippen molar-refractivity contribution in [1.82, 2.24) is 10.0 Å². The molecule has 0 fully saturated rings. The van der Waals surface area contributed by atoms with Crippen molar-refractivity contribution in [1.29, 1.82) is 0 Å². The molecule has 2 amide bonds. The summed E-state index contributed by atoms with van der Waals surface area (Å²) in [4.78, 5) is 24.7. The molecule has 0 aromatic heterocycles. The van der Waals surface area contributed by atoms with Crippen LogP contribution in [0.1, 0.15) is 40.9 Å². The number of rotatable bonds is 9. The Hall–Kier alpha value is -3.49. The van der Waals surface area contributed by atoms with E-state index >= 15 is 0 Å². The third-order valence-corrected chi connectivity index (χ3v) is 6.62. The number of hydrogen-bond acceptors (Lipinski definition) is 4. The molecule has 0 spiro atoms. The molecule has 34 heavy (non-hydrogen) atoms. The molecule has 0 saturated heterocycles. The van der Waals surface area contributed by atoms with E-state index in [1.165, 1.54) is 6.07 Å². The van der Waals surface area contributed by atoms with E-state index in [0.717, 1.165) is 11.1 Å². The number of carbonyl (C=O) groups is 2. The maximum Gasteiger partial charge on any atom is 0.255 e.